The predicted molar refractivity (Wildman–Crippen MR) is 84.8 cm³/mol. The molecule has 2 rings (SSSR count). The van der Waals surface area contributed by atoms with Crippen molar-refractivity contribution < 1.29 is 50.7 Å². The van der Waals surface area contributed by atoms with Crippen molar-refractivity contribution in [1.82, 2.24) is 0 Å². The van der Waals surface area contributed by atoms with Crippen LogP contribution < -0.4 is 45.8 Å². The number of phenols is 2. The summed E-state index contributed by atoms with van der Waals surface area (Å²) in [6.45, 7) is 1.19. The molecule has 0 spiro atoms. The number of phenolic OH excluding ortho intramolecular Hbond substituents is 2. The van der Waals surface area contributed by atoms with Crippen molar-refractivity contribution in [3.63, 3.8) is 0 Å². The van der Waals surface area contributed by atoms with Crippen LogP contribution >= 0.6 is 0 Å². The second kappa shape index (κ2) is 11.9. The van der Waals surface area contributed by atoms with E-state index in [0.29, 0.717) is 18.7 Å². The van der Waals surface area contributed by atoms with Gasteiger partial charge in [-0.05, 0) is 18.2 Å². The van der Waals surface area contributed by atoms with Crippen LogP contribution in [0.5, 0.6) is 17.2 Å². The Labute approximate surface area is 158 Å². The minimum Gasteiger partial charge on any atom is -1.00 e. The minimum absolute atomic E-state index is 0. The van der Waals surface area contributed by atoms with Gasteiger partial charge in [-0.1, -0.05) is 30.3 Å². The Morgan fingerprint density at radius 1 is 0.957 bits per heavy atom. The average Bonchev–Trinajstić information content (AvgIpc) is 2.52. The summed E-state index contributed by atoms with van der Waals surface area (Å²) in [6.07, 6.45) is -0.0546. The first kappa shape index (κ1) is 21.4. The van der Waals surface area contributed by atoms with Gasteiger partial charge in [0, 0.05) is 18.7 Å². The Hall–Kier alpha value is -1.57. The van der Waals surface area contributed by atoms with Crippen LogP contribution in [0.15, 0.2) is 48.5 Å². The van der Waals surface area contributed by atoms with Gasteiger partial charge in [-0.15, -0.1) is 0 Å². The summed E-state index contributed by atoms with van der Waals surface area (Å²) in [6, 6.07) is 12.8. The van der Waals surface area contributed by atoms with E-state index in [9.17, 15) is 15.0 Å². The van der Waals surface area contributed by atoms with Crippen molar-refractivity contribution in [1.29, 1.82) is 0 Å². The summed E-state index contributed by atoms with van der Waals surface area (Å²) < 4.78 is 5.00. The zero-order valence-electron chi connectivity index (χ0n) is 14.1. The van der Waals surface area contributed by atoms with Gasteiger partial charge in [0.2, 0.25) is 0 Å². The average molecular weight is 328 g/mol. The quantitative estimate of drug-likeness (QED) is 0.301. The monoisotopic (exact) mass is 328 g/mol. The smallest absolute Gasteiger partial charge is 1.00 e. The fraction of sp³-hybridized carbons (Fsp3) is 0.188. The predicted octanol–water partition coefficient (Wildman–Crippen LogP) is -1.73. The third kappa shape index (κ3) is 8.01. The number of para-hydroxylation sites is 3. The summed E-state index contributed by atoms with van der Waals surface area (Å²) in [5.41, 5.74) is 10.3. The van der Waals surface area contributed by atoms with Crippen LogP contribution in [0.4, 0.5) is 0 Å². The maximum atomic E-state index is 11.6. The molecule has 120 valence electrons. The molecule has 6 N–H and O–H groups in total. The van der Waals surface area contributed by atoms with Crippen molar-refractivity contribution in [3.8, 4) is 17.2 Å². The third-order valence-electron chi connectivity index (χ3n) is 2.58. The molecule has 6 nitrogen and oxygen atoms in total. The molecule has 7 heteroatoms. The van der Waals surface area contributed by atoms with Gasteiger partial charge in [0.25, 0.3) is 0 Å². The SMILES string of the molecule is NCCN.O=C(Cc1ccccc1O)Oc1ccccc1O.[H-].[Na+]. The standard InChI is InChI=1S/C14H12O4.C2H8N2.Na.H/c15-11-6-2-1-5-10(11)9-14(17)18-13-8-4-3-7-12(13)16;3-1-2-4;;/h1-8,15-16H,9H2;1-4H2;;/q;;+1;-1. The van der Waals surface area contributed by atoms with Gasteiger partial charge in [-0.2, -0.15) is 0 Å². The number of aromatic hydroxyl groups is 2. The molecular formula is C16H21N2NaO4. The number of hydrogen-bond acceptors (Lipinski definition) is 6. The first-order chi connectivity index (χ1) is 10.6. The number of carbonyl (C=O) groups excluding carboxylic acids is 1. The summed E-state index contributed by atoms with van der Waals surface area (Å²) >= 11 is 0. The molecule has 0 atom stereocenters. The molecule has 0 aromatic heterocycles. The molecule has 0 fully saturated rings. The molecule has 23 heavy (non-hydrogen) atoms. The van der Waals surface area contributed by atoms with E-state index in [0.717, 1.165) is 0 Å². The van der Waals surface area contributed by atoms with Crippen LogP contribution in [0.2, 0.25) is 0 Å². The maximum Gasteiger partial charge on any atom is 1.00 e. The van der Waals surface area contributed by atoms with Crippen LogP contribution in [0.3, 0.4) is 0 Å². The molecule has 0 saturated heterocycles. The van der Waals surface area contributed by atoms with E-state index < -0.39 is 5.97 Å². The topological polar surface area (TPSA) is 119 Å². The summed E-state index contributed by atoms with van der Waals surface area (Å²) in [5, 5.41) is 19.0. The van der Waals surface area contributed by atoms with Crippen LogP contribution in [0.1, 0.15) is 6.99 Å². The number of benzene rings is 2. The molecular weight excluding hydrogens is 307 g/mol. The third-order valence-corrected chi connectivity index (χ3v) is 2.58. The molecule has 0 heterocycles. The van der Waals surface area contributed by atoms with Crippen molar-refractivity contribution in [3.05, 3.63) is 54.1 Å². The number of esters is 1. The molecule has 0 radical (unpaired) electrons. The van der Waals surface area contributed by atoms with E-state index in [2.05, 4.69) is 0 Å². The summed E-state index contributed by atoms with van der Waals surface area (Å²) in [7, 11) is 0. The summed E-state index contributed by atoms with van der Waals surface area (Å²) in [5.74, 6) is -0.481. The van der Waals surface area contributed by atoms with Crippen LogP contribution in [-0.2, 0) is 11.2 Å². The summed E-state index contributed by atoms with van der Waals surface area (Å²) in [4.78, 5) is 11.6. The number of rotatable bonds is 4. The molecule has 2 aromatic rings. The van der Waals surface area contributed by atoms with Crippen molar-refractivity contribution >= 4 is 5.97 Å². The number of hydrogen-bond donors (Lipinski definition) is 4. The Kier molecular flexibility index (Phi) is 11.1. The maximum absolute atomic E-state index is 11.6. The van der Waals surface area contributed by atoms with Gasteiger partial charge in [-0.25, -0.2) is 0 Å². The normalized spacial score (nSPS) is 9.13. The molecule has 0 aliphatic carbocycles. The number of nitrogens with two attached hydrogens (primary N) is 2. The van der Waals surface area contributed by atoms with Crippen molar-refractivity contribution in [2.45, 2.75) is 6.42 Å². The Bertz CT molecular complexity index is 563. The van der Waals surface area contributed by atoms with E-state index in [1.807, 2.05) is 0 Å². The Morgan fingerprint density at radius 3 is 2.00 bits per heavy atom. The first-order valence-electron chi connectivity index (χ1n) is 6.74. The fourth-order valence-electron chi connectivity index (χ4n) is 1.52. The second-order valence-corrected chi connectivity index (χ2v) is 4.32. The largest absolute Gasteiger partial charge is 1.00 e. The van der Waals surface area contributed by atoms with E-state index in [1.54, 1.807) is 30.3 Å². The molecule has 0 unspecified atom stereocenters. The number of carbonyl (C=O) groups is 1. The molecule has 0 saturated carbocycles. The van der Waals surface area contributed by atoms with Gasteiger partial charge in [0.05, 0.1) is 6.42 Å². The van der Waals surface area contributed by atoms with E-state index >= 15 is 0 Å². The van der Waals surface area contributed by atoms with Gasteiger partial charge < -0.3 is 27.8 Å². The van der Waals surface area contributed by atoms with Crippen molar-refractivity contribution in [2.24, 2.45) is 11.5 Å². The molecule has 0 aliphatic heterocycles. The Morgan fingerprint density at radius 2 is 1.48 bits per heavy atom. The van der Waals surface area contributed by atoms with Gasteiger partial charge in [0.1, 0.15) is 5.75 Å². The molecule has 0 bridgehead atoms. The molecule has 2 aromatic carbocycles. The molecule has 0 aliphatic rings. The molecule has 0 amide bonds. The van der Waals surface area contributed by atoms with Gasteiger partial charge in [-0.3, -0.25) is 4.79 Å². The fourth-order valence-corrected chi connectivity index (χ4v) is 1.52. The van der Waals surface area contributed by atoms with Gasteiger partial charge in [0.15, 0.2) is 11.5 Å². The second-order valence-electron chi connectivity index (χ2n) is 4.32. The zero-order chi connectivity index (χ0) is 16.4. The van der Waals surface area contributed by atoms with Gasteiger partial charge >= 0.3 is 35.5 Å². The number of ether oxygens (including phenoxy) is 1. The minimum atomic E-state index is -0.544. The van der Waals surface area contributed by atoms with Crippen LogP contribution in [0, 0.1) is 0 Å². The van der Waals surface area contributed by atoms with E-state index in [1.165, 1.54) is 18.2 Å². The van der Waals surface area contributed by atoms with Crippen LogP contribution in [0.25, 0.3) is 0 Å². The van der Waals surface area contributed by atoms with E-state index in [4.69, 9.17) is 16.2 Å². The first-order valence-corrected chi connectivity index (χ1v) is 6.74. The Balaban J connectivity index is 0. The van der Waals surface area contributed by atoms with Crippen LogP contribution in [-0.4, -0.2) is 29.3 Å². The van der Waals surface area contributed by atoms with E-state index in [-0.39, 0.29) is 54.7 Å². The van der Waals surface area contributed by atoms with Crippen molar-refractivity contribution in [2.75, 3.05) is 13.1 Å². The zero-order valence-corrected chi connectivity index (χ0v) is 15.1.